The highest BCUT2D eigenvalue weighted by atomic mass is 19.4. The van der Waals surface area contributed by atoms with E-state index in [0.29, 0.717) is 13.1 Å². The Morgan fingerprint density at radius 1 is 1.07 bits per heavy atom. The predicted octanol–water partition coefficient (Wildman–Crippen LogP) is 5.40. The molecule has 0 saturated carbocycles. The standard InChI is InChI=1S/C32H35F3N4O6/c1-19-15-39(20(2)18-40)29(41)25-5-4-6-26(37-31(44)36-24-13-11-23(12-14-24)32(33,34)35)28(25)45-27(19)17-38(3)16-21-7-9-22(10-8-21)30(42)43/h4-14,19-20,27,40H,15-18H2,1-3H3,(H,42,43)(H2,36,37,44)/t19-,20+,27-/m0/s1. The van der Waals surface area contributed by atoms with Crippen LogP contribution in [0.2, 0.25) is 0 Å². The molecule has 0 aliphatic carbocycles. The van der Waals surface area contributed by atoms with Crippen LogP contribution in [0.15, 0.2) is 66.7 Å². The zero-order chi connectivity index (χ0) is 32.9. The number of nitrogens with one attached hydrogen (secondary N) is 2. The largest absolute Gasteiger partial charge is 0.486 e. The number of likely N-dealkylation sites (N-methyl/N-ethyl adjacent to an activating group) is 1. The number of urea groups is 1. The quantitative estimate of drug-likeness (QED) is 0.250. The molecular formula is C32H35F3N4O6. The second-order valence-electron chi connectivity index (χ2n) is 11.2. The molecule has 240 valence electrons. The molecule has 0 bridgehead atoms. The van der Waals surface area contributed by atoms with Crippen molar-refractivity contribution in [3.8, 4) is 5.75 Å². The Balaban J connectivity index is 1.59. The van der Waals surface area contributed by atoms with Crippen LogP contribution in [0, 0.1) is 5.92 Å². The van der Waals surface area contributed by atoms with Gasteiger partial charge in [-0.25, -0.2) is 9.59 Å². The van der Waals surface area contributed by atoms with E-state index in [-0.39, 0.29) is 47.3 Å². The molecule has 0 saturated heterocycles. The first-order valence-corrected chi connectivity index (χ1v) is 14.2. The number of amides is 3. The molecule has 1 aliphatic heterocycles. The summed E-state index contributed by atoms with van der Waals surface area (Å²) < 4.78 is 45.3. The summed E-state index contributed by atoms with van der Waals surface area (Å²) in [6, 6.07) is 13.9. The molecule has 0 aromatic heterocycles. The van der Waals surface area contributed by atoms with Crippen molar-refractivity contribution in [1.29, 1.82) is 0 Å². The minimum absolute atomic E-state index is 0.121. The fraction of sp³-hybridized carbons (Fsp3) is 0.344. The SMILES string of the molecule is C[C@H](CO)N1C[C@H](C)[C@H](CN(C)Cc2ccc(C(=O)O)cc2)Oc2c(NC(=O)Nc3ccc(C(F)(F)F)cc3)cccc2C1=O. The summed E-state index contributed by atoms with van der Waals surface area (Å²) in [4.78, 5) is 41.4. The number of anilines is 2. The Morgan fingerprint density at radius 3 is 2.33 bits per heavy atom. The number of nitrogens with zero attached hydrogens (tertiary/aromatic N) is 2. The second-order valence-corrected chi connectivity index (χ2v) is 11.2. The van der Waals surface area contributed by atoms with Gasteiger partial charge in [0.15, 0.2) is 5.75 Å². The maximum atomic E-state index is 13.7. The molecule has 0 unspecified atom stereocenters. The van der Waals surface area contributed by atoms with Gasteiger partial charge < -0.3 is 30.5 Å². The zero-order valence-electron chi connectivity index (χ0n) is 25.0. The number of rotatable bonds is 9. The summed E-state index contributed by atoms with van der Waals surface area (Å²) in [5.74, 6) is -1.51. The number of carboxylic acids is 1. The highest BCUT2D eigenvalue weighted by molar-refractivity contribution is 6.04. The van der Waals surface area contributed by atoms with E-state index in [1.165, 1.54) is 12.1 Å². The molecule has 45 heavy (non-hydrogen) atoms. The number of carbonyl (C=O) groups excluding carboxylic acids is 2. The normalized spacial score (nSPS) is 17.5. The van der Waals surface area contributed by atoms with Gasteiger partial charge in [0.05, 0.1) is 35.0 Å². The summed E-state index contributed by atoms with van der Waals surface area (Å²) in [5.41, 5.74) is 0.687. The molecule has 3 aromatic rings. The number of hydrogen-bond acceptors (Lipinski definition) is 6. The van der Waals surface area contributed by atoms with E-state index in [0.717, 1.165) is 29.8 Å². The van der Waals surface area contributed by atoms with Gasteiger partial charge in [-0.2, -0.15) is 13.2 Å². The molecule has 0 spiro atoms. The van der Waals surface area contributed by atoms with Crippen LogP contribution in [0.25, 0.3) is 0 Å². The average molecular weight is 629 g/mol. The third-order valence-corrected chi connectivity index (χ3v) is 7.55. The lowest BCUT2D eigenvalue weighted by atomic mass is 9.98. The first-order chi connectivity index (χ1) is 21.3. The van der Waals surface area contributed by atoms with Crippen LogP contribution in [-0.2, 0) is 12.7 Å². The molecule has 3 amide bonds. The number of carboxylic acid groups (broad SMARTS) is 1. The van der Waals surface area contributed by atoms with Crippen molar-refractivity contribution >= 4 is 29.3 Å². The Morgan fingerprint density at radius 2 is 1.73 bits per heavy atom. The molecular weight excluding hydrogens is 593 g/mol. The van der Waals surface area contributed by atoms with Crippen LogP contribution in [0.1, 0.15) is 45.7 Å². The first-order valence-electron chi connectivity index (χ1n) is 14.2. The fourth-order valence-electron chi connectivity index (χ4n) is 5.02. The number of alkyl halides is 3. The van der Waals surface area contributed by atoms with Crippen LogP contribution in [0.5, 0.6) is 5.75 Å². The topological polar surface area (TPSA) is 131 Å². The number of ether oxygens (including phenoxy) is 1. The number of para-hydroxylation sites is 1. The van der Waals surface area contributed by atoms with Gasteiger partial charge >= 0.3 is 18.2 Å². The molecule has 4 rings (SSSR count). The fourth-order valence-corrected chi connectivity index (χ4v) is 5.02. The van der Waals surface area contributed by atoms with Gasteiger partial charge in [0.25, 0.3) is 5.91 Å². The van der Waals surface area contributed by atoms with E-state index in [4.69, 9.17) is 4.74 Å². The van der Waals surface area contributed by atoms with Gasteiger partial charge in [-0.15, -0.1) is 0 Å². The molecule has 3 atom stereocenters. The third-order valence-electron chi connectivity index (χ3n) is 7.55. The van der Waals surface area contributed by atoms with Crippen molar-refractivity contribution in [3.63, 3.8) is 0 Å². The number of aromatic carboxylic acids is 1. The molecule has 10 nitrogen and oxygen atoms in total. The smallest absolute Gasteiger partial charge is 0.416 e. The monoisotopic (exact) mass is 628 g/mol. The summed E-state index contributed by atoms with van der Waals surface area (Å²) in [6.07, 6.45) is -5.01. The number of hydrogen-bond donors (Lipinski definition) is 4. The van der Waals surface area contributed by atoms with Gasteiger partial charge in [-0.1, -0.05) is 25.1 Å². The Bertz CT molecular complexity index is 1510. The lowest BCUT2D eigenvalue weighted by molar-refractivity contribution is -0.137. The molecule has 3 aromatic carbocycles. The Labute approximate surface area is 258 Å². The Kier molecular flexibility index (Phi) is 10.3. The zero-order valence-corrected chi connectivity index (χ0v) is 25.0. The highest BCUT2D eigenvalue weighted by Gasteiger charge is 2.35. The van der Waals surface area contributed by atoms with Crippen LogP contribution in [-0.4, -0.2) is 76.8 Å². The molecule has 0 fully saturated rings. The first kappa shape index (κ1) is 33.3. The third kappa shape index (κ3) is 8.31. The molecule has 1 aliphatic rings. The summed E-state index contributed by atoms with van der Waals surface area (Å²) >= 11 is 0. The van der Waals surface area contributed by atoms with E-state index >= 15 is 0 Å². The number of carbonyl (C=O) groups is 3. The molecule has 13 heteroatoms. The summed E-state index contributed by atoms with van der Waals surface area (Å²) in [5, 5.41) is 24.2. The van der Waals surface area contributed by atoms with Crippen molar-refractivity contribution in [2.24, 2.45) is 5.92 Å². The Hall–Kier alpha value is -4.62. The van der Waals surface area contributed by atoms with E-state index in [9.17, 15) is 37.8 Å². The van der Waals surface area contributed by atoms with Crippen molar-refractivity contribution in [2.75, 3.05) is 37.4 Å². The minimum atomic E-state index is -4.51. The van der Waals surface area contributed by atoms with E-state index < -0.39 is 41.8 Å². The highest BCUT2D eigenvalue weighted by Crippen LogP contribution is 2.35. The van der Waals surface area contributed by atoms with Crippen molar-refractivity contribution in [3.05, 3.63) is 89.0 Å². The van der Waals surface area contributed by atoms with Crippen molar-refractivity contribution in [1.82, 2.24) is 9.80 Å². The van der Waals surface area contributed by atoms with Crippen molar-refractivity contribution in [2.45, 2.75) is 38.7 Å². The van der Waals surface area contributed by atoms with E-state index in [1.54, 1.807) is 42.2 Å². The molecule has 4 N–H and O–H groups in total. The van der Waals surface area contributed by atoms with E-state index in [1.807, 2.05) is 18.9 Å². The van der Waals surface area contributed by atoms with Gasteiger partial charge in [0.2, 0.25) is 0 Å². The van der Waals surface area contributed by atoms with Crippen LogP contribution in [0.3, 0.4) is 0 Å². The maximum absolute atomic E-state index is 13.7. The number of aliphatic hydroxyl groups is 1. The van der Waals surface area contributed by atoms with E-state index in [2.05, 4.69) is 10.6 Å². The lowest BCUT2D eigenvalue weighted by Crippen LogP contribution is -2.49. The summed E-state index contributed by atoms with van der Waals surface area (Å²) in [7, 11) is 1.88. The minimum Gasteiger partial charge on any atom is -0.486 e. The molecule has 0 radical (unpaired) electrons. The maximum Gasteiger partial charge on any atom is 0.416 e. The number of halogens is 3. The van der Waals surface area contributed by atoms with Crippen molar-refractivity contribution < 1.29 is 42.5 Å². The van der Waals surface area contributed by atoms with Gasteiger partial charge in [-0.3, -0.25) is 9.69 Å². The van der Waals surface area contributed by atoms with Crippen LogP contribution >= 0.6 is 0 Å². The van der Waals surface area contributed by atoms with Gasteiger partial charge in [-0.05, 0) is 68.1 Å². The number of fused-ring (bicyclic) bond motifs is 1. The van der Waals surface area contributed by atoms with Gasteiger partial charge in [0.1, 0.15) is 6.10 Å². The molecule has 1 heterocycles. The van der Waals surface area contributed by atoms with Crippen LogP contribution < -0.4 is 15.4 Å². The summed E-state index contributed by atoms with van der Waals surface area (Å²) in [6.45, 7) is 4.54. The lowest BCUT2D eigenvalue weighted by Gasteiger charge is -2.38. The number of benzene rings is 3. The van der Waals surface area contributed by atoms with Gasteiger partial charge in [0, 0.05) is 31.2 Å². The second kappa shape index (κ2) is 14.0. The van der Waals surface area contributed by atoms with Crippen LogP contribution in [0.4, 0.5) is 29.3 Å². The average Bonchev–Trinajstić information content (AvgIpc) is 2.99. The predicted molar refractivity (Wildman–Crippen MR) is 161 cm³/mol. The number of aliphatic hydroxyl groups excluding tert-OH is 1.